The van der Waals surface area contributed by atoms with E-state index in [2.05, 4.69) is 37.8 Å². The highest BCUT2D eigenvalue weighted by Crippen LogP contribution is 2.40. The summed E-state index contributed by atoms with van der Waals surface area (Å²) in [5.74, 6) is 0.826. The van der Waals surface area contributed by atoms with Crippen LogP contribution in [0.15, 0.2) is 24.3 Å². The lowest BCUT2D eigenvalue weighted by atomic mass is 9.68. The van der Waals surface area contributed by atoms with E-state index in [1.54, 1.807) is 13.8 Å². The van der Waals surface area contributed by atoms with Gasteiger partial charge in [0.2, 0.25) is 0 Å². The van der Waals surface area contributed by atoms with E-state index in [1.165, 1.54) is 37.8 Å². The van der Waals surface area contributed by atoms with Crippen molar-refractivity contribution in [2.45, 2.75) is 77.7 Å². The molecule has 0 aromatic heterocycles. The van der Waals surface area contributed by atoms with Crippen molar-refractivity contribution in [3.05, 3.63) is 29.8 Å². The fraction of sp³-hybridized carbons (Fsp3) is 0.696. The predicted molar refractivity (Wildman–Crippen MR) is 112 cm³/mol. The van der Waals surface area contributed by atoms with E-state index in [0.717, 1.165) is 19.5 Å². The number of carbonyl (C=O) groups is 1. The Morgan fingerprint density at radius 1 is 1.33 bits per heavy atom. The SMILES string of the molecule is CCCCCCN1CC[C@](C)(c2cccc(OC(C)(C)C(N)=O)c2)[C@@H](C)C1. The number of unbranched alkanes of at least 4 members (excludes halogenated alkanes) is 3. The zero-order valence-corrected chi connectivity index (χ0v) is 17.9. The number of hydrogen-bond acceptors (Lipinski definition) is 3. The van der Waals surface area contributed by atoms with Crippen molar-refractivity contribution < 1.29 is 9.53 Å². The Balaban J connectivity index is 2.05. The monoisotopic (exact) mass is 374 g/mol. The fourth-order valence-electron chi connectivity index (χ4n) is 3.97. The molecule has 1 aromatic rings. The summed E-state index contributed by atoms with van der Waals surface area (Å²) in [6.45, 7) is 13.9. The van der Waals surface area contributed by atoms with Gasteiger partial charge in [0.25, 0.3) is 5.91 Å². The van der Waals surface area contributed by atoms with E-state index >= 15 is 0 Å². The maximum absolute atomic E-state index is 11.6. The number of rotatable bonds is 9. The molecule has 152 valence electrons. The van der Waals surface area contributed by atoms with E-state index in [4.69, 9.17) is 10.5 Å². The average Bonchev–Trinajstić information content (AvgIpc) is 2.61. The summed E-state index contributed by atoms with van der Waals surface area (Å²) in [6.07, 6.45) is 6.43. The van der Waals surface area contributed by atoms with Gasteiger partial charge in [-0.1, -0.05) is 52.2 Å². The summed E-state index contributed by atoms with van der Waals surface area (Å²) in [6, 6.07) is 8.22. The van der Waals surface area contributed by atoms with Gasteiger partial charge in [-0.15, -0.1) is 0 Å². The zero-order valence-electron chi connectivity index (χ0n) is 17.9. The van der Waals surface area contributed by atoms with E-state index in [-0.39, 0.29) is 5.41 Å². The molecule has 4 heteroatoms. The molecule has 4 nitrogen and oxygen atoms in total. The quantitative estimate of drug-likeness (QED) is 0.647. The molecule has 0 spiro atoms. The smallest absolute Gasteiger partial charge is 0.261 e. The van der Waals surface area contributed by atoms with E-state index in [1.807, 2.05) is 12.1 Å². The van der Waals surface area contributed by atoms with Gasteiger partial charge >= 0.3 is 0 Å². The molecule has 2 N–H and O–H groups in total. The summed E-state index contributed by atoms with van der Waals surface area (Å²) in [7, 11) is 0. The highest BCUT2D eigenvalue weighted by molar-refractivity contribution is 5.82. The zero-order chi connectivity index (χ0) is 20.1. The van der Waals surface area contributed by atoms with Crippen LogP contribution < -0.4 is 10.5 Å². The van der Waals surface area contributed by atoms with Crippen LogP contribution in [0.1, 0.15) is 72.3 Å². The van der Waals surface area contributed by atoms with Gasteiger partial charge in [0, 0.05) is 6.54 Å². The lowest BCUT2D eigenvalue weighted by Crippen LogP contribution is -2.47. The van der Waals surface area contributed by atoms with Crippen LogP contribution >= 0.6 is 0 Å². The molecular weight excluding hydrogens is 336 g/mol. The van der Waals surface area contributed by atoms with E-state index in [0.29, 0.717) is 11.7 Å². The molecule has 0 saturated carbocycles. The molecule has 1 aromatic carbocycles. The van der Waals surface area contributed by atoms with Gasteiger partial charge in [-0.05, 0) is 68.8 Å². The number of benzene rings is 1. The van der Waals surface area contributed by atoms with Crippen LogP contribution in [0, 0.1) is 5.92 Å². The molecule has 0 radical (unpaired) electrons. The third-order valence-corrected chi connectivity index (χ3v) is 6.35. The minimum absolute atomic E-state index is 0.121. The van der Waals surface area contributed by atoms with Crippen molar-refractivity contribution in [2.24, 2.45) is 11.7 Å². The number of hydrogen-bond donors (Lipinski definition) is 1. The molecular formula is C23H38N2O2. The molecule has 0 bridgehead atoms. The first-order chi connectivity index (χ1) is 12.7. The van der Waals surface area contributed by atoms with E-state index in [9.17, 15) is 4.79 Å². The summed E-state index contributed by atoms with van der Waals surface area (Å²) >= 11 is 0. The predicted octanol–water partition coefficient (Wildman–Crippen LogP) is 4.51. The second-order valence-corrected chi connectivity index (χ2v) is 8.93. The summed E-state index contributed by atoms with van der Waals surface area (Å²) in [4.78, 5) is 14.2. The van der Waals surface area contributed by atoms with Crippen LogP contribution in [-0.2, 0) is 10.2 Å². The van der Waals surface area contributed by atoms with Crippen LogP contribution in [0.4, 0.5) is 0 Å². The maximum Gasteiger partial charge on any atom is 0.261 e. The second kappa shape index (κ2) is 9.09. The number of piperidine rings is 1. The van der Waals surface area contributed by atoms with Gasteiger partial charge < -0.3 is 15.4 Å². The largest absolute Gasteiger partial charge is 0.478 e. The Kier molecular flexibility index (Phi) is 7.32. The number of likely N-dealkylation sites (tertiary alicyclic amines) is 1. The molecule has 1 aliphatic rings. The number of nitrogens with two attached hydrogens (primary N) is 1. The van der Waals surface area contributed by atoms with Crippen molar-refractivity contribution in [1.82, 2.24) is 4.90 Å². The van der Waals surface area contributed by atoms with Crippen LogP contribution in [0.3, 0.4) is 0 Å². The molecule has 27 heavy (non-hydrogen) atoms. The number of primary amides is 1. The first kappa shape index (κ1) is 21.7. The van der Waals surface area contributed by atoms with Crippen LogP contribution in [0.5, 0.6) is 5.75 Å². The van der Waals surface area contributed by atoms with Gasteiger partial charge in [-0.3, -0.25) is 4.79 Å². The van der Waals surface area contributed by atoms with Crippen molar-refractivity contribution in [3.8, 4) is 5.75 Å². The fourth-order valence-corrected chi connectivity index (χ4v) is 3.97. The van der Waals surface area contributed by atoms with Crippen LogP contribution in [0.2, 0.25) is 0 Å². The Morgan fingerprint density at radius 2 is 2.07 bits per heavy atom. The topological polar surface area (TPSA) is 55.6 Å². The molecule has 2 rings (SSSR count). The maximum atomic E-state index is 11.6. The van der Waals surface area contributed by atoms with Crippen molar-refractivity contribution in [2.75, 3.05) is 19.6 Å². The molecule has 1 saturated heterocycles. The molecule has 1 amide bonds. The summed E-state index contributed by atoms with van der Waals surface area (Å²) in [5, 5.41) is 0. The third-order valence-electron chi connectivity index (χ3n) is 6.35. The molecule has 0 aliphatic carbocycles. The van der Waals surface area contributed by atoms with Gasteiger partial charge in [0.15, 0.2) is 5.60 Å². The average molecular weight is 375 g/mol. The third kappa shape index (κ3) is 5.47. The second-order valence-electron chi connectivity index (χ2n) is 8.93. The van der Waals surface area contributed by atoms with Crippen molar-refractivity contribution in [1.29, 1.82) is 0 Å². The first-order valence-corrected chi connectivity index (χ1v) is 10.5. The molecule has 0 unspecified atom stereocenters. The van der Waals surface area contributed by atoms with Crippen molar-refractivity contribution >= 4 is 5.91 Å². The standard InChI is InChI=1S/C23H38N2O2/c1-6-7-8-9-14-25-15-13-23(5,18(2)17-25)19-11-10-12-20(16-19)27-22(3,4)21(24)26/h10-12,16,18H,6-9,13-15,17H2,1-5H3,(H2,24,26)/t18-,23-/m0/s1. The lowest BCUT2D eigenvalue weighted by Gasteiger charge is -2.45. The molecule has 1 heterocycles. The summed E-state index contributed by atoms with van der Waals surface area (Å²) in [5.41, 5.74) is 5.86. The molecule has 1 fully saturated rings. The number of carbonyl (C=O) groups excluding carboxylic acids is 1. The van der Waals surface area contributed by atoms with E-state index < -0.39 is 11.5 Å². The molecule has 2 atom stereocenters. The normalized spacial score (nSPS) is 24.0. The van der Waals surface area contributed by atoms with Crippen LogP contribution in [0.25, 0.3) is 0 Å². The number of amides is 1. The van der Waals surface area contributed by atoms with Crippen LogP contribution in [-0.4, -0.2) is 36.0 Å². The highest BCUT2D eigenvalue weighted by atomic mass is 16.5. The van der Waals surface area contributed by atoms with Gasteiger partial charge in [0.05, 0.1) is 0 Å². The lowest BCUT2D eigenvalue weighted by molar-refractivity contribution is -0.130. The number of nitrogens with zero attached hydrogens (tertiary/aromatic N) is 1. The molecule has 1 aliphatic heterocycles. The van der Waals surface area contributed by atoms with Crippen molar-refractivity contribution in [3.63, 3.8) is 0 Å². The van der Waals surface area contributed by atoms with Gasteiger partial charge in [0.1, 0.15) is 5.75 Å². The van der Waals surface area contributed by atoms with Gasteiger partial charge in [-0.2, -0.15) is 0 Å². The Bertz CT molecular complexity index is 629. The summed E-state index contributed by atoms with van der Waals surface area (Å²) < 4.78 is 5.89. The Morgan fingerprint density at radius 3 is 2.70 bits per heavy atom. The number of ether oxygens (including phenoxy) is 1. The highest BCUT2D eigenvalue weighted by Gasteiger charge is 2.38. The van der Waals surface area contributed by atoms with Gasteiger partial charge in [-0.25, -0.2) is 0 Å². The minimum Gasteiger partial charge on any atom is -0.478 e. The first-order valence-electron chi connectivity index (χ1n) is 10.5. The Hall–Kier alpha value is -1.55. The minimum atomic E-state index is -1.01. The Labute approximate surface area is 165 Å².